The van der Waals surface area contributed by atoms with E-state index in [1.807, 2.05) is 26.8 Å². The van der Waals surface area contributed by atoms with Crippen LogP contribution < -0.4 is 10.2 Å². The van der Waals surface area contributed by atoms with Gasteiger partial charge in [-0.1, -0.05) is 19.9 Å². The lowest BCUT2D eigenvalue weighted by molar-refractivity contribution is -0.125. The number of allylic oxidation sites excluding steroid dienone is 4. The molecular weight excluding hydrogens is 368 g/mol. The Morgan fingerprint density at radius 2 is 1.93 bits per heavy atom. The maximum absolute atomic E-state index is 13.3. The Balaban J connectivity index is 1.79. The molecule has 4 rings (SSSR count). The predicted molar refractivity (Wildman–Crippen MR) is 108 cm³/mol. The Morgan fingerprint density at radius 3 is 2.62 bits per heavy atom. The Bertz CT molecular complexity index is 1060. The normalized spacial score (nSPS) is 20.1. The summed E-state index contributed by atoms with van der Waals surface area (Å²) in [6.45, 7) is 5.72. The van der Waals surface area contributed by atoms with E-state index in [0.717, 1.165) is 16.8 Å². The molecule has 1 unspecified atom stereocenters. The molecular formula is C21H22N6O2. The molecule has 1 atom stereocenters. The molecule has 0 aromatic carbocycles. The summed E-state index contributed by atoms with van der Waals surface area (Å²) in [6, 6.07) is 0. The topological polar surface area (TPSA) is 101 Å². The molecule has 2 amide bonds. The number of aromatic nitrogens is 4. The second kappa shape index (κ2) is 6.88. The number of nitrogens with one attached hydrogen (secondary N) is 1. The fourth-order valence-corrected chi connectivity index (χ4v) is 3.80. The van der Waals surface area contributed by atoms with Crippen LogP contribution in [-0.4, -0.2) is 38.8 Å². The second-order valence-corrected chi connectivity index (χ2v) is 7.74. The summed E-state index contributed by atoms with van der Waals surface area (Å²) in [5.41, 5.74) is 2.27. The van der Waals surface area contributed by atoms with Crippen molar-refractivity contribution >= 4 is 23.2 Å². The van der Waals surface area contributed by atoms with Gasteiger partial charge in [-0.15, -0.1) is 0 Å². The number of fused-ring (bicyclic) bond motifs is 1. The van der Waals surface area contributed by atoms with Gasteiger partial charge in [-0.05, 0) is 25.0 Å². The first-order valence-corrected chi connectivity index (χ1v) is 9.42. The van der Waals surface area contributed by atoms with Gasteiger partial charge in [0.15, 0.2) is 5.82 Å². The highest BCUT2D eigenvalue weighted by molar-refractivity contribution is 6.04. The lowest BCUT2D eigenvalue weighted by Crippen LogP contribution is -2.32. The predicted octanol–water partition coefficient (Wildman–Crippen LogP) is 2.29. The summed E-state index contributed by atoms with van der Waals surface area (Å²) in [4.78, 5) is 43.9. The van der Waals surface area contributed by atoms with Crippen LogP contribution in [0.1, 0.15) is 42.1 Å². The molecule has 0 spiro atoms. The monoisotopic (exact) mass is 390 g/mol. The largest absolute Gasteiger partial charge is 0.354 e. The van der Waals surface area contributed by atoms with E-state index in [9.17, 15) is 9.59 Å². The Morgan fingerprint density at radius 1 is 1.21 bits per heavy atom. The molecule has 0 radical (unpaired) electrons. The van der Waals surface area contributed by atoms with Crippen molar-refractivity contribution in [2.24, 2.45) is 11.3 Å². The van der Waals surface area contributed by atoms with Crippen molar-refractivity contribution < 1.29 is 9.59 Å². The molecule has 1 aliphatic carbocycles. The standard InChI is InChI=1S/C21H22N6O2/c1-12-24-8-14(9-25-12)13-5-6-15-17(7-13)27(20(29)21(15,2)3)18-11-23-10-16(26-18)19(28)22-4/h5,7-11,15H,6H2,1-4H3,(H,22,28). The van der Waals surface area contributed by atoms with Gasteiger partial charge in [-0.25, -0.2) is 15.0 Å². The van der Waals surface area contributed by atoms with Crippen LogP contribution in [0.3, 0.4) is 0 Å². The lowest BCUT2D eigenvalue weighted by Gasteiger charge is -2.25. The molecule has 0 bridgehead atoms. The van der Waals surface area contributed by atoms with Crippen LogP contribution in [0, 0.1) is 18.3 Å². The highest BCUT2D eigenvalue weighted by Gasteiger charge is 2.52. The van der Waals surface area contributed by atoms with Gasteiger partial charge in [0, 0.05) is 36.6 Å². The van der Waals surface area contributed by atoms with E-state index in [-0.39, 0.29) is 23.4 Å². The fourth-order valence-electron chi connectivity index (χ4n) is 3.80. The summed E-state index contributed by atoms with van der Waals surface area (Å²) in [5, 5.41) is 2.53. The van der Waals surface area contributed by atoms with Crippen molar-refractivity contribution in [3.05, 3.63) is 59.7 Å². The summed E-state index contributed by atoms with van der Waals surface area (Å²) in [5.74, 6) is 0.648. The second-order valence-electron chi connectivity index (χ2n) is 7.74. The third kappa shape index (κ3) is 3.10. The number of anilines is 1. The van der Waals surface area contributed by atoms with E-state index in [1.165, 1.54) is 19.4 Å². The first kappa shape index (κ1) is 18.9. The molecule has 3 heterocycles. The van der Waals surface area contributed by atoms with Crippen molar-refractivity contribution in [2.45, 2.75) is 27.2 Å². The van der Waals surface area contributed by atoms with Crippen molar-refractivity contribution in [1.82, 2.24) is 25.3 Å². The van der Waals surface area contributed by atoms with E-state index >= 15 is 0 Å². The Kier molecular flexibility index (Phi) is 4.49. The summed E-state index contributed by atoms with van der Waals surface area (Å²) in [6.07, 6.45) is 11.3. The van der Waals surface area contributed by atoms with Crippen molar-refractivity contribution in [2.75, 3.05) is 11.9 Å². The number of carbonyl (C=O) groups excluding carboxylic acids is 2. The number of hydrogen-bond donors (Lipinski definition) is 1. The van der Waals surface area contributed by atoms with Crippen LogP contribution in [-0.2, 0) is 4.79 Å². The van der Waals surface area contributed by atoms with Gasteiger partial charge < -0.3 is 5.32 Å². The van der Waals surface area contributed by atoms with Gasteiger partial charge in [0.2, 0.25) is 5.91 Å². The first-order chi connectivity index (χ1) is 13.8. The number of amides is 2. The molecule has 1 fully saturated rings. The van der Waals surface area contributed by atoms with Crippen LogP contribution in [0.25, 0.3) is 5.57 Å². The maximum atomic E-state index is 13.3. The molecule has 8 nitrogen and oxygen atoms in total. The fraction of sp³-hybridized carbons (Fsp3) is 0.333. The van der Waals surface area contributed by atoms with Gasteiger partial charge >= 0.3 is 0 Å². The van der Waals surface area contributed by atoms with E-state index < -0.39 is 5.41 Å². The number of nitrogens with zero attached hydrogens (tertiary/aromatic N) is 5. The van der Waals surface area contributed by atoms with Gasteiger partial charge in [0.1, 0.15) is 11.5 Å². The highest BCUT2D eigenvalue weighted by Crippen LogP contribution is 2.49. The smallest absolute Gasteiger partial charge is 0.271 e. The van der Waals surface area contributed by atoms with Gasteiger partial charge in [-0.2, -0.15) is 0 Å². The van der Waals surface area contributed by atoms with E-state index in [4.69, 9.17) is 0 Å². The molecule has 1 aliphatic heterocycles. The summed E-state index contributed by atoms with van der Waals surface area (Å²) >= 11 is 0. The van der Waals surface area contributed by atoms with Crippen LogP contribution in [0.2, 0.25) is 0 Å². The first-order valence-electron chi connectivity index (χ1n) is 9.42. The molecule has 148 valence electrons. The van der Waals surface area contributed by atoms with Crippen molar-refractivity contribution in [1.29, 1.82) is 0 Å². The van der Waals surface area contributed by atoms with Crippen LogP contribution in [0.5, 0.6) is 0 Å². The Labute approximate surface area is 168 Å². The van der Waals surface area contributed by atoms with Crippen LogP contribution in [0.15, 0.2) is 42.6 Å². The molecule has 29 heavy (non-hydrogen) atoms. The molecule has 1 saturated heterocycles. The molecule has 1 N–H and O–H groups in total. The number of hydrogen-bond acceptors (Lipinski definition) is 6. The molecule has 0 saturated carbocycles. The number of aryl methyl sites for hydroxylation is 1. The van der Waals surface area contributed by atoms with E-state index in [1.54, 1.807) is 17.3 Å². The molecule has 8 heteroatoms. The van der Waals surface area contributed by atoms with Crippen LogP contribution in [0.4, 0.5) is 5.82 Å². The lowest BCUT2D eigenvalue weighted by atomic mass is 9.75. The van der Waals surface area contributed by atoms with E-state index in [0.29, 0.717) is 18.1 Å². The zero-order valence-electron chi connectivity index (χ0n) is 16.8. The average Bonchev–Trinajstić information content (AvgIpc) is 2.93. The quantitative estimate of drug-likeness (QED) is 0.863. The molecule has 2 aromatic rings. The minimum Gasteiger partial charge on any atom is -0.354 e. The SMILES string of the molecule is CNC(=O)c1cncc(N2C(=O)C(C)(C)C3CC=C(c4cnc(C)nc4)C=C32)n1. The maximum Gasteiger partial charge on any atom is 0.271 e. The van der Waals surface area contributed by atoms with Gasteiger partial charge in [-0.3, -0.25) is 19.5 Å². The minimum atomic E-state index is -0.595. The summed E-state index contributed by atoms with van der Waals surface area (Å²) in [7, 11) is 1.53. The third-order valence-electron chi connectivity index (χ3n) is 5.54. The van der Waals surface area contributed by atoms with Gasteiger partial charge in [0.25, 0.3) is 5.91 Å². The van der Waals surface area contributed by atoms with Crippen molar-refractivity contribution in [3.8, 4) is 0 Å². The van der Waals surface area contributed by atoms with Gasteiger partial charge in [0.05, 0.1) is 17.8 Å². The number of rotatable bonds is 3. The molecule has 2 aromatic heterocycles. The number of carbonyl (C=O) groups is 2. The van der Waals surface area contributed by atoms with E-state index in [2.05, 4.69) is 31.3 Å². The highest BCUT2D eigenvalue weighted by atomic mass is 16.2. The zero-order chi connectivity index (χ0) is 20.8. The minimum absolute atomic E-state index is 0.00979. The molecule has 2 aliphatic rings. The van der Waals surface area contributed by atoms with Crippen molar-refractivity contribution in [3.63, 3.8) is 0 Å². The third-order valence-corrected chi connectivity index (χ3v) is 5.54. The van der Waals surface area contributed by atoms with Crippen LogP contribution >= 0.6 is 0 Å². The average molecular weight is 390 g/mol. The summed E-state index contributed by atoms with van der Waals surface area (Å²) < 4.78 is 0. The Hall–Kier alpha value is -3.42. The zero-order valence-corrected chi connectivity index (χ0v) is 16.8.